The van der Waals surface area contributed by atoms with Gasteiger partial charge in [-0.05, 0) is 17.7 Å². The smallest absolute Gasteiger partial charge is 0.273 e. The number of rotatable bonds is 7. The van der Waals surface area contributed by atoms with Crippen molar-refractivity contribution in [3.05, 3.63) is 29.8 Å². The lowest BCUT2D eigenvalue weighted by atomic mass is 10.2. The summed E-state index contributed by atoms with van der Waals surface area (Å²) in [6.07, 6.45) is 0. The summed E-state index contributed by atoms with van der Waals surface area (Å²) in [5.74, 6) is -3.27. The summed E-state index contributed by atoms with van der Waals surface area (Å²) >= 11 is 0. The Labute approximate surface area is 110 Å². The maximum atomic E-state index is 12.9. The molecule has 8 heteroatoms. The molecule has 0 spiro atoms. The number of halogens is 2. The Morgan fingerprint density at radius 2 is 2.11 bits per heavy atom. The van der Waals surface area contributed by atoms with E-state index >= 15 is 0 Å². The van der Waals surface area contributed by atoms with Gasteiger partial charge in [-0.1, -0.05) is 12.1 Å². The van der Waals surface area contributed by atoms with Crippen LogP contribution in [0.25, 0.3) is 0 Å². The van der Waals surface area contributed by atoms with E-state index in [0.717, 1.165) is 0 Å². The lowest BCUT2D eigenvalue weighted by Crippen LogP contribution is -2.41. The third-order valence-corrected chi connectivity index (χ3v) is 3.74. The van der Waals surface area contributed by atoms with E-state index in [-0.39, 0.29) is 11.5 Å². The summed E-state index contributed by atoms with van der Waals surface area (Å²) < 4.78 is 56.2. The van der Waals surface area contributed by atoms with Gasteiger partial charge in [-0.3, -0.25) is 0 Å². The van der Waals surface area contributed by atoms with Crippen molar-refractivity contribution in [1.29, 1.82) is 0 Å². The number of hydrogen-bond donors (Lipinski definition) is 2. The zero-order valence-corrected chi connectivity index (χ0v) is 11.2. The maximum absolute atomic E-state index is 12.9. The van der Waals surface area contributed by atoms with Crippen LogP contribution in [0.2, 0.25) is 0 Å². The first kappa shape index (κ1) is 16.0. The van der Waals surface area contributed by atoms with E-state index in [0.29, 0.717) is 5.56 Å². The largest absolute Gasteiger partial charge is 0.380 e. The molecule has 108 valence electrons. The van der Waals surface area contributed by atoms with Crippen molar-refractivity contribution in [1.82, 2.24) is 4.72 Å². The predicted molar refractivity (Wildman–Crippen MR) is 66.3 cm³/mol. The van der Waals surface area contributed by atoms with E-state index in [4.69, 9.17) is 10.5 Å². The molecule has 0 aliphatic carbocycles. The molecular formula is C11H16F2N2O3S. The van der Waals surface area contributed by atoms with Crippen LogP contribution in [0, 0.1) is 0 Å². The topological polar surface area (TPSA) is 81.4 Å². The Bertz CT molecular complexity index is 520. The first-order valence-electron chi connectivity index (χ1n) is 5.46. The molecule has 0 heterocycles. The zero-order chi connectivity index (χ0) is 14.5. The van der Waals surface area contributed by atoms with Crippen molar-refractivity contribution < 1.29 is 21.9 Å². The van der Waals surface area contributed by atoms with Gasteiger partial charge >= 0.3 is 0 Å². The molecule has 0 radical (unpaired) electrons. The summed E-state index contributed by atoms with van der Waals surface area (Å²) in [7, 11) is -2.51. The molecule has 0 atom stereocenters. The van der Waals surface area contributed by atoms with Crippen molar-refractivity contribution in [2.24, 2.45) is 5.73 Å². The third kappa shape index (κ3) is 4.83. The normalized spacial score (nSPS) is 12.6. The molecule has 0 bridgehead atoms. The number of ether oxygens (including phenoxy) is 1. The molecule has 1 rings (SSSR count). The summed E-state index contributed by atoms with van der Waals surface area (Å²) in [5, 5.41) is 0. The number of methoxy groups -OCH3 is 1. The highest BCUT2D eigenvalue weighted by atomic mass is 32.2. The van der Waals surface area contributed by atoms with Gasteiger partial charge < -0.3 is 10.5 Å². The van der Waals surface area contributed by atoms with Gasteiger partial charge in [0.1, 0.15) is 0 Å². The first-order valence-corrected chi connectivity index (χ1v) is 6.94. The Balaban J connectivity index is 2.85. The molecule has 0 aliphatic heterocycles. The van der Waals surface area contributed by atoms with Crippen LogP contribution in [0.1, 0.15) is 5.56 Å². The molecule has 19 heavy (non-hydrogen) atoms. The third-order valence-electron chi connectivity index (χ3n) is 2.34. The van der Waals surface area contributed by atoms with E-state index < -0.39 is 29.0 Å². The molecule has 0 saturated carbocycles. The molecule has 0 unspecified atom stereocenters. The highest BCUT2D eigenvalue weighted by Crippen LogP contribution is 2.14. The predicted octanol–water partition coefficient (Wildman–Crippen LogP) is 0.705. The molecule has 0 fully saturated rings. The van der Waals surface area contributed by atoms with Crippen LogP contribution in [0.5, 0.6) is 0 Å². The zero-order valence-electron chi connectivity index (χ0n) is 10.4. The van der Waals surface area contributed by atoms with Crippen LogP contribution >= 0.6 is 0 Å². The van der Waals surface area contributed by atoms with Crippen molar-refractivity contribution in [3.8, 4) is 0 Å². The Morgan fingerprint density at radius 1 is 1.42 bits per heavy atom. The van der Waals surface area contributed by atoms with Gasteiger partial charge in [0, 0.05) is 7.11 Å². The van der Waals surface area contributed by atoms with Gasteiger partial charge in [-0.15, -0.1) is 0 Å². The van der Waals surface area contributed by atoms with Gasteiger partial charge in [0.15, 0.2) is 0 Å². The van der Waals surface area contributed by atoms with Gasteiger partial charge in [0.2, 0.25) is 10.0 Å². The lowest BCUT2D eigenvalue weighted by molar-refractivity contribution is 0.0170. The first-order chi connectivity index (χ1) is 8.80. The average Bonchev–Trinajstić information content (AvgIpc) is 2.38. The van der Waals surface area contributed by atoms with E-state index in [2.05, 4.69) is 0 Å². The maximum Gasteiger partial charge on any atom is 0.273 e. The molecule has 3 N–H and O–H groups in total. The van der Waals surface area contributed by atoms with Gasteiger partial charge in [0.05, 0.1) is 24.6 Å². The van der Waals surface area contributed by atoms with Crippen LogP contribution in [-0.2, 0) is 21.4 Å². The minimum absolute atomic E-state index is 0.0881. The molecule has 0 saturated heterocycles. The second kappa shape index (κ2) is 6.38. The Morgan fingerprint density at radius 3 is 2.68 bits per heavy atom. The summed E-state index contributed by atoms with van der Waals surface area (Å²) in [6, 6.07) is 5.88. The van der Waals surface area contributed by atoms with Crippen LogP contribution in [0.3, 0.4) is 0 Å². The molecular weight excluding hydrogens is 278 g/mol. The summed E-state index contributed by atoms with van der Waals surface area (Å²) in [6.45, 7) is -1.71. The monoisotopic (exact) mass is 294 g/mol. The fraction of sp³-hybridized carbons (Fsp3) is 0.455. The van der Waals surface area contributed by atoms with Crippen molar-refractivity contribution in [2.75, 3.05) is 20.2 Å². The van der Waals surface area contributed by atoms with E-state index in [1.807, 2.05) is 4.72 Å². The SMILES string of the molecule is COCc1cccc(S(=O)(=O)NCC(F)(F)CN)c1. The van der Waals surface area contributed by atoms with Crippen molar-refractivity contribution in [2.45, 2.75) is 17.4 Å². The fourth-order valence-electron chi connectivity index (χ4n) is 1.33. The molecule has 0 aromatic heterocycles. The molecule has 1 aromatic carbocycles. The molecule has 0 amide bonds. The second-order valence-electron chi connectivity index (χ2n) is 3.97. The lowest BCUT2D eigenvalue weighted by Gasteiger charge is -2.15. The number of nitrogens with two attached hydrogens (primary N) is 1. The number of benzene rings is 1. The Kier molecular flexibility index (Phi) is 5.36. The van der Waals surface area contributed by atoms with Crippen molar-refractivity contribution >= 4 is 10.0 Å². The number of sulfonamides is 1. The summed E-state index contributed by atoms with van der Waals surface area (Å²) in [5.41, 5.74) is 5.47. The summed E-state index contributed by atoms with van der Waals surface area (Å²) in [4.78, 5) is -0.0881. The minimum atomic E-state index is -3.99. The highest BCUT2D eigenvalue weighted by Gasteiger charge is 2.29. The standard InChI is InChI=1S/C11H16F2N2O3S/c1-18-6-9-3-2-4-10(5-9)19(16,17)15-8-11(12,13)7-14/h2-5,15H,6-8,14H2,1H3. The highest BCUT2D eigenvalue weighted by molar-refractivity contribution is 7.89. The number of hydrogen-bond acceptors (Lipinski definition) is 4. The van der Waals surface area contributed by atoms with Crippen LogP contribution in [-0.4, -0.2) is 34.5 Å². The number of alkyl halides is 2. The van der Waals surface area contributed by atoms with Gasteiger partial charge in [0.25, 0.3) is 5.92 Å². The van der Waals surface area contributed by atoms with Crippen LogP contribution in [0.4, 0.5) is 8.78 Å². The quantitative estimate of drug-likeness (QED) is 0.776. The van der Waals surface area contributed by atoms with E-state index in [9.17, 15) is 17.2 Å². The van der Waals surface area contributed by atoms with Crippen molar-refractivity contribution in [3.63, 3.8) is 0 Å². The van der Waals surface area contributed by atoms with E-state index in [1.165, 1.54) is 25.3 Å². The number of nitrogens with one attached hydrogen (secondary N) is 1. The Hall–Kier alpha value is -1.09. The molecule has 1 aromatic rings. The van der Waals surface area contributed by atoms with Gasteiger partial charge in [-0.2, -0.15) is 0 Å². The minimum Gasteiger partial charge on any atom is -0.380 e. The van der Waals surface area contributed by atoms with Crippen LogP contribution < -0.4 is 10.5 Å². The molecule has 0 aliphatic rings. The molecule has 5 nitrogen and oxygen atoms in total. The average molecular weight is 294 g/mol. The van der Waals surface area contributed by atoms with E-state index in [1.54, 1.807) is 6.07 Å². The van der Waals surface area contributed by atoms with Crippen LogP contribution in [0.15, 0.2) is 29.2 Å². The fourth-order valence-corrected chi connectivity index (χ4v) is 2.46. The second-order valence-corrected chi connectivity index (χ2v) is 5.73. The van der Waals surface area contributed by atoms with Gasteiger partial charge in [-0.25, -0.2) is 21.9 Å².